The van der Waals surface area contributed by atoms with Crippen molar-refractivity contribution in [1.29, 1.82) is 0 Å². The Morgan fingerprint density at radius 2 is 1.33 bits per heavy atom. The number of aliphatic carboxylic acids is 2. The van der Waals surface area contributed by atoms with Gasteiger partial charge in [0.15, 0.2) is 0 Å². The van der Waals surface area contributed by atoms with Crippen molar-refractivity contribution in [3.63, 3.8) is 0 Å². The van der Waals surface area contributed by atoms with Gasteiger partial charge in [0.25, 0.3) is 6.10 Å². The van der Waals surface area contributed by atoms with Gasteiger partial charge in [-0.3, -0.25) is 9.59 Å². The third kappa shape index (κ3) is 12.8. The molecule has 0 aliphatic heterocycles. The molecule has 12 nitrogen and oxygen atoms in total. The van der Waals surface area contributed by atoms with Gasteiger partial charge in [0.1, 0.15) is 23.4 Å². The van der Waals surface area contributed by atoms with E-state index < -0.39 is 53.6 Å². The van der Waals surface area contributed by atoms with E-state index in [1.807, 2.05) is 37.3 Å². The monoisotopic (exact) mass is 599 g/mol. The van der Waals surface area contributed by atoms with Crippen molar-refractivity contribution in [3.05, 3.63) is 65.7 Å². The minimum absolute atomic E-state index is 0.00707. The highest BCUT2D eigenvalue weighted by Crippen LogP contribution is 2.16. The first kappa shape index (κ1) is 34.6. The topological polar surface area (TPSA) is 180 Å². The van der Waals surface area contributed by atoms with Gasteiger partial charge < -0.3 is 35.6 Å². The predicted molar refractivity (Wildman–Crippen MR) is 158 cm³/mol. The maximum Gasteiger partial charge on any atom is 0.408 e. The summed E-state index contributed by atoms with van der Waals surface area (Å²) in [5, 5.41) is 26.3. The summed E-state index contributed by atoms with van der Waals surface area (Å²) in [5.41, 5.74) is 0.586. The molecule has 0 saturated carbocycles. The zero-order chi connectivity index (χ0) is 32.0. The number of alkyl carbamates (subject to hydrolysis) is 1. The molecule has 0 aromatic heterocycles. The molecule has 0 saturated heterocycles. The summed E-state index contributed by atoms with van der Waals surface area (Å²) in [6, 6.07) is 12.9. The first-order valence-electron chi connectivity index (χ1n) is 14.1. The Bertz CT molecular complexity index is 1210. The number of ether oxygens (including phenoxy) is 2. The summed E-state index contributed by atoms with van der Waals surface area (Å²) in [6.07, 6.45) is -0.00126. The molecule has 2 aromatic rings. The quantitative estimate of drug-likeness (QED) is 0.143. The van der Waals surface area contributed by atoms with Gasteiger partial charge in [-0.1, -0.05) is 62.2 Å². The molecule has 2 rings (SSSR count). The lowest BCUT2D eigenvalue weighted by Gasteiger charge is -2.25. The van der Waals surface area contributed by atoms with Crippen LogP contribution in [0.2, 0.25) is 0 Å². The van der Waals surface area contributed by atoms with E-state index in [-0.39, 0.29) is 18.6 Å². The van der Waals surface area contributed by atoms with Crippen LogP contribution in [0.5, 0.6) is 5.75 Å². The molecule has 0 aliphatic rings. The number of nitrogens with one attached hydrogen (secondary N) is 3. The van der Waals surface area contributed by atoms with Gasteiger partial charge in [-0.15, -0.1) is 0 Å². The Kier molecular flexibility index (Phi) is 13.5. The Labute approximate surface area is 251 Å². The normalized spacial score (nSPS) is 12.5. The van der Waals surface area contributed by atoms with E-state index in [4.69, 9.17) is 19.7 Å². The smallest absolute Gasteiger partial charge is 0.408 e. The van der Waals surface area contributed by atoms with E-state index in [1.165, 1.54) is 12.1 Å². The first-order chi connectivity index (χ1) is 20.3. The number of rotatable bonds is 16. The number of carbonyl (C=O) groups is 5. The Hall–Kier alpha value is -4.61. The number of amides is 3. The van der Waals surface area contributed by atoms with E-state index in [2.05, 4.69) is 16.0 Å². The van der Waals surface area contributed by atoms with Gasteiger partial charge in [-0.05, 0) is 50.5 Å². The predicted octanol–water partition coefficient (Wildman–Crippen LogP) is 3.07. The van der Waals surface area contributed by atoms with Crippen molar-refractivity contribution in [2.75, 3.05) is 6.54 Å². The van der Waals surface area contributed by atoms with Gasteiger partial charge in [0.2, 0.25) is 11.8 Å². The lowest BCUT2D eigenvalue weighted by molar-refractivity contribution is -0.159. The highest BCUT2D eigenvalue weighted by atomic mass is 16.6. The summed E-state index contributed by atoms with van der Waals surface area (Å²) in [4.78, 5) is 61.6. The molecule has 3 amide bonds. The van der Waals surface area contributed by atoms with Crippen LogP contribution < -0.4 is 20.7 Å². The molecule has 12 heteroatoms. The zero-order valence-corrected chi connectivity index (χ0v) is 24.9. The number of hydrogen-bond acceptors (Lipinski definition) is 7. The molecule has 0 bridgehead atoms. The summed E-state index contributed by atoms with van der Waals surface area (Å²) >= 11 is 0. The molecular weight excluding hydrogens is 558 g/mol. The Balaban J connectivity index is 2.25. The second kappa shape index (κ2) is 16.7. The van der Waals surface area contributed by atoms with Crippen molar-refractivity contribution in [2.24, 2.45) is 0 Å². The maximum absolute atomic E-state index is 13.5. The van der Waals surface area contributed by atoms with E-state index in [1.54, 1.807) is 32.9 Å². The van der Waals surface area contributed by atoms with Crippen LogP contribution in [-0.2, 0) is 36.8 Å². The second-order valence-electron chi connectivity index (χ2n) is 11.0. The molecular formula is C31H41N3O9. The van der Waals surface area contributed by atoms with Gasteiger partial charge in [-0.2, -0.15) is 0 Å². The van der Waals surface area contributed by atoms with Crippen molar-refractivity contribution < 1.29 is 43.7 Å². The maximum atomic E-state index is 13.5. The van der Waals surface area contributed by atoms with Crippen LogP contribution in [0.1, 0.15) is 58.1 Å². The Morgan fingerprint density at radius 3 is 1.86 bits per heavy atom. The van der Waals surface area contributed by atoms with Crippen LogP contribution in [0.25, 0.3) is 0 Å². The molecule has 5 N–H and O–H groups in total. The fourth-order valence-corrected chi connectivity index (χ4v) is 3.98. The third-order valence-electron chi connectivity index (χ3n) is 6.07. The zero-order valence-electron chi connectivity index (χ0n) is 24.9. The second-order valence-corrected chi connectivity index (χ2v) is 11.0. The summed E-state index contributed by atoms with van der Waals surface area (Å²) in [7, 11) is 0. The van der Waals surface area contributed by atoms with Gasteiger partial charge in [-0.25, -0.2) is 14.4 Å². The van der Waals surface area contributed by atoms with Crippen LogP contribution >= 0.6 is 0 Å². The molecule has 0 spiro atoms. The average Bonchev–Trinajstić information content (AvgIpc) is 2.93. The van der Waals surface area contributed by atoms with Gasteiger partial charge in [0.05, 0.1) is 0 Å². The molecule has 0 fully saturated rings. The first-order valence-corrected chi connectivity index (χ1v) is 14.1. The molecule has 0 aliphatic carbocycles. The molecule has 2 unspecified atom stereocenters. The van der Waals surface area contributed by atoms with Crippen LogP contribution in [0.15, 0.2) is 54.6 Å². The molecule has 2 aromatic carbocycles. The van der Waals surface area contributed by atoms with E-state index in [0.29, 0.717) is 12.1 Å². The summed E-state index contributed by atoms with van der Waals surface area (Å²) in [6.45, 7) is 7.58. The van der Waals surface area contributed by atoms with Crippen LogP contribution in [0.3, 0.4) is 0 Å². The van der Waals surface area contributed by atoms with Crippen molar-refractivity contribution in [2.45, 2.75) is 83.6 Å². The molecule has 2 atom stereocenters. The van der Waals surface area contributed by atoms with Crippen LogP contribution in [0.4, 0.5) is 4.79 Å². The standard InChI is InChI=1S/C31H41N3O9/c1-5-6-10-17-32-26(35)23(19-21-13-15-22(16-14-21)42-25(28(37)38)29(39)40)33-27(36)24(18-20-11-8-7-9-12-20)34-30(41)43-31(2,3)4/h7-9,11-16,23-25H,5-6,10,17-19H2,1-4H3,(H,32,35)(H,33,36)(H,34,41)(H,37,38)(H,39,40). The van der Waals surface area contributed by atoms with E-state index >= 15 is 0 Å². The SMILES string of the molecule is CCCCCNC(=O)C(Cc1ccc(OC(C(=O)O)C(=O)O)cc1)NC(=O)C(Cc1ccccc1)NC(=O)OC(C)(C)C. The van der Waals surface area contributed by atoms with E-state index in [0.717, 1.165) is 24.8 Å². The third-order valence-corrected chi connectivity index (χ3v) is 6.07. The van der Waals surface area contributed by atoms with Crippen molar-refractivity contribution in [1.82, 2.24) is 16.0 Å². The highest BCUT2D eigenvalue weighted by molar-refractivity contribution is 5.96. The van der Waals surface area contributed by atoms with E-state index in [9.17, 15) is 24.0 Å². The molecule has 0 radical (unpaired) electrons. The van der Waals surface area contributed by atoms with Gasteiger partial charge in [0, 0.05) is 19.4 Å². The molecule has 43 heavy (non-hydrogen) atoms. The number of hydrogen-bond donors (Lipinski definition) is 5. The largest absolute Gasteiger partial charge is 0.478 e. The number of unbranched alkanes of at least 4 members (excludes halogenated alkanes) is 2. The highest BCUT2D eigenvalue weighted by Gasteiger charge is 2.30. The molecule has 234 valence electrons. The van der Waals surface area contributed by atoms with Crippen LogP contribution in [-0.4, -0.2) is 70.4 Å². The summed E-state index contributed by atoms with van der Waals surface area (Å²) < 4.78 is 10.4. The summed E-state index contributed by atoms with van der Waals surface area (Å²) in [5.74, 6) is -4.30. The number of benzene rings is 2. The van der Waals surface area contributed by atoms with Crippen molar-refractivity contribution >= 4 is 29.8 Å². The number of carbonyl (C=O) groups excluding carboxylic acids is 3. The lowest BCUT2D eigenvalue weighted by Crippen LogP contribution is -2.55. The van der Waals surface area contributed by atoms with Crippen molar-refractivity contribution in [3.8, 4) is 5.75 Å². The minimum atomic E-state index is -2.08. The lowest BCUT2D eigenvalue weighted by atomic mass is 10.0. The average molecular weight is 600 g/mol. The number of carboxylic acid groups (broad SMARTS) is 2. The fraction of sp³-hybridized carbons (Fsp3) is 0.452. The minimum Gasteiger partial charge on any atom is -0.478 e. The molecule has 0 heterocycles. The Morgan fingerprint density at radius 1 is 0.767 bits per heavy atom. The van der Waals surface area contributed by atoms with Gasteiger partial charge >= 0.3 is 18.0 Å². The number of carboxylic acids is 2. The van der Waals surface area contributed by atoms with Crippen LogP contribution in [0, 0.1) is 0 Å². The fourth-order valence-electron chi connectivity index (χ4n) is 3.98.